The zero-order valence-corrected chi connectivity index (χ0v) is 21.5. The van der Waals surface area contributed by atoms with Crippen LogP contribution in [0.3, 0.4) is 0 Å². The molecule has 0 unspecified atom stereocenters. The first-order valence-electron chi connectivity index (χ1n) is 12.1. The normalized spacial score (nSPS) is 14.8. The van der Waals surface area contributed by atoms with Gasteiger partial charge in [0.25, 0.3) is 0 Å². The Kier molecular flexibility index (Phi) is 12.9. The molecule has 0 radical (unpaired) electrons. The van der Waals surface area contributed by atoms with Crippen molar-refractivity contribution in [2.45, 2.75) is 96.6 Å². The van der Waals surface area contributed by atoms with Crippen LogP contribution in [0.1, 0.15) is 99.9 Å². The number of hydrogen-bond acceptors (Lipinski definition) is 4. The molecule has 1 aromatic rings. The molecule has 0 spiro atoms. The Balaban J connectivity index is 1.84. The minimum absolute atomic E-state index is 0.259. The highest BCUT2D eigenvalue weighted by molar-refractivity contribution is 9.10. The van der Waals surface area contributed by atoms with E-state index in [1.807, 2.05) is 6.07 Å². The van der Waals surface area contributed by atoms with Gasteiger partial charge in [0.1, 0.15) is 0 Å². The molecule has 1 aliphatic rings. The van der Waals surface area contributed by atoms with Gasteiger partial charge in [0.05, 0.1) is 17.9 Å². The largest absolute Gasteiger partial charge is 0.462 e. The van der Waals surface area contributed by atoms with E-state index in [0.29, 0.717) is 18.2 Å². The first kappa shape index (κ1) is 26.5. The van der Waals surface area contributed by atoms with Crippen molar-refractivity contribution in [3.8, 4) is 0 Å². The number of alkyl halides is 1. The van der Waals surface area contributed by atoms with Crippen LogP contribution in [-0.2, 0) is 11.3 Å². The minimum atomic E-state index is -0.259. The maximum Gasteiger partial charge on any atom is 0.338 e. The lowest BCUT2D eigenvalue weighted by Gasteiger charge is -2.34. The van der Waals surface area contributed by atoms with Gasteiger partial charge in [0.15, 0.2) is 0 Å². The van der Waals surface area contributed by atoms with E-state index < -0.39 is 0 Å². The molecular weight excluding hydrogens is 476 g/mol. The zero-order chi connectivity index (χ0) is 22.5. The Bertz CT molecular complexity index is 665. The molecule has 2 N–H and O–H groups in total. The number of benzene rings is 1. The molecule has 0 aromatic heterocycles. The molecule has 176 valence electrons. The van der Waals surface area contributed by atoms with Crippen LogP contribution >= 0.6 is 27.5 Å². The monoisotopic (exact) mass is 514 g/mol. The fraction of sp³-hybridized carbons (Fsp3) is 0.720. The van der Waals surface area contributed by atoms with Gasteiger partial charge in [-0.3, -0.25) is 4.90 Å². The Labute approximate surface area is 202 Å². The maximum absolute atomic E-state index is 12.6. The number of nitrogen functional groups attached to an aromatic ring is 1. The Morgan fingerprint density at radius 1 is 1.10 bits per heavy atom. The maximum atomic E-state index is 12.6. The summed E-state index contributed by atoms with van der Waals surface area (Å²) >= 11 is 9.24. The number of hydrogen-bond donors (Lipinski definition) is 1. The Hall–Kier alpha value is -0.780. The number of carbonyl (C=O) groups excluding carboxylic acids is 1. The van der Waals surface area contributed by atoms with E-state index in [2.05, 4.69) is 27.8 Å². The number of unbranched alkanes of at least 4 members (excludes halogenated alkanes) is 6. The number of anilines is 1. The predicted molar refractivity (Wildman–Crippen MR) is 135 cm³/mol. The van der Waals surface area contributed by atoms with Crippen molar-refractivity contribution in [2.24, 2.45) is 0 Å². The summed E-state index contributed by atoms with van der Waals surface area (Å²) in [5.74, 6) is 0.500. The second-order valence-electron chi connectivity index (χ2n) is 8.69. The van der Waals surface area contributed by atoms with E-state index in [4.69, 9.17) is 22.1 Å². The first-order valence-corrected chi connectivity index (χ1v) is 13.4. The third-order valence-electron chi connectivity index (χ3n) is 6.33. The van der Waals surface area contributed by atoms with E-state index in [0.717, 1.165) is 54.0 Å². The number of esters is 1. The van der Waals surface area contributed by atoms with E-state index in [-0.39, 0.29) is 5.97 Å². The highest BCUT2D eigenvalue weighted by Gasteiger charge is 2.22. The average Bonchev–Trinajstić information content (AvgIpc) is 2.79. The molecule has 0 heterocycles. The van der Waals surface area contributed by atoms with Crippen molar-refractivity contribution >= 4 is 39.2 Å². The van der Waals surface area contributed by atoms with Gasteiger partial charge in [0.2, 0.25) is 0 Å². The average molecular weight is 516 g/mol. The van der Waals surface area contributed by atoms with Crippen molar-refractivity contribution in [3.05, 3.63) is 27.7 Å². The number of rotatable bonds is 14. The third-order valence-corrected chi connectivity index (χ3v) is 7.26. The van der Waals surface area contributed by atoms with E-state index >= 15 is 0 Å². The lowest BCUT2D eigenvalue weighted by atomic mass is 9.93. The van der Waals surface area contributed by atoms with Crippen molar-refractivity contribution in [3.63, 3.8) is 0 Å². The summed E-state index contributed by atoms with van der Waals surface area (Å²) in [5, 5.41) is 0. The molecular formula is C25H40BrClN2O2. The van der Waals surface area contributed by atoms with Gasteiger partial charge in [0, 0.05) is 22.9 Å². The standard InChI is InChI=1S/C25H40BrClN2O2/c1-2-29(22-13-9-8-10-14-22)19-21-17-20(18-23(26)24(21)28)25(30)31-16-12-7-5-3-4-6-11-15-27/h17-18,22H,2-16,19,28H2,1H3. The van der Waals surface area contributed by atoms with Crippen LogP contribution < -0.4 is 5.73 Å². The third kappa shape index (κ3) is 9.31. The lowest BCUT2D eigenvalue weighted by Crippen LogP contribution is -2.36. The highest BCUT2D eigenvalue weighted by atomic mass is 79.9. The van der Waals surface area contributed by atoms with Gasteiger partial charge >= 0.3 is 5.97 Å². The molecule has 2 rings (SSSR count). The minimum Gasteiger partial charge on any atom is -0.462 e. The smallest absolute Gasteiger partial charge is 0.338 e. The number of halogens is 2. The zero-order valence-electron chi connectivity index (χ0n) is 19.1. The van der Waals surface area contributed by atoms with E-state index in [1.165, 1.54) is 57.8 Å². The topological polar surface area (TPSA) is 55.6 Å². The predicted octanol–water partition coefficient (Wildman–Crippen LogP) is 7.31. The molecule has 6 heteroatoms. The Morgan fingerprint density at radius 3 is 2.39 bits per heavy atom. The molecule has 1 aromatic carbocycles. The van der Waals surface area contributed by atoms with Crippen LogP contribution in [0.2, 0.25) is 0 Å². The number of nitrogens with zero attached hydrogens (tertiary/aromatic N) is 1. The van der Waals surface area contributed by atoms with Crippen molar-refractivity contribution in [1.82, 2.24) is 4.90 Å². The molecule has 0 amide bonds. The van der Waals surface area contributed by atoms with Crippen LogP contribution in [0.15, 0.2) is 16.6 Å². The second kappa shape index (κ2) is 15.1. The van der Waals surface area contributed by atoms with Crippen LogP contribution in [0, 0.1) is 0 Å². The van der Waals surface area contributed by atoms with Crippen LogP contribution in [-0.4, -0.2) is 35.9 Å². The van der Waals surface area contributed by atoms with Crippen molar-refractivity contribution in [1.29, 1.82) is 0 Å². The summed E-state index contributed by atoms with van der Waals surface area (Å²) in [6.45, 7) is 4.44. The quantitative estimate of drug-likeness (QED) is 0.122. The summed E-state index contributed by atoms with van der Waals surface area (Å²) in [5.41, 5.74) is 8.66. The highest BCUT2D eigenvalue weighted by Crippen LogP contribution is 2.30. The van der Waals surface area contributed by atoms with Gasteiger partial charge in [-0.25, -0.2) is 4.79 Å². The van der Waals surface area contributed by atoms with Crippen molar-refractivity contribution < 1.29 is 9.53 Å². The molecule has 0 saturated heterocycles. The summed E-state index contributed by atoms with van der Waals surface area (Å²) in [4.78, 5) is 15.1. The van der Waals surface area contributed by atoms with Gasteiger partial charge < -0.3 is 10.5 Å². The molecule has 1 saturated carbocycles. The molecule has 1 fully saturated rings. The molecule has 0 atom stereocenters. The fourth-order valence-corrected chi connectivity index (χ4v) is 5.11. The number of ether oxygens (including phenoxy) is 1. The number of nitrogens with two attached hydrogens (primary N) is 1. The molecule has 0 bridgehead atoms. The SMILES string of the molecule is CCN(Cc1cc(C(=O)OCCCCCCCCCCl)cc(Br)c1N)C1CCCCC1. The fourth-order valence-electron chi connectivity index (χ4n) is 4.42. The molecule has 31 heavy (non-hydrogen) atoms. The first-order chi connectivity index (χ1) is 15.1. The van der Waals surface area contributed by atoms with Crippen LogP contribution in [0.25, 0.3) is 0 Å². The van der Waals surface area contributed by atoms with Gasteiger partial charge in [-0.2, -0.15) is 0 Å². The van der Waals surface area contributed by atoms with Crippen molar-refractivity contribution in [2.75, 3.05) is 24.8 Å². The van der Waals surface area contributed by atoms with Gasteiger partial charge in [-0.15, -0.1) is 11.6 Å². The molecule has 4 nitrogen and oxygen atoms in total. The summed E-state index contributed by atoms with van der Waals surface area (Å²) in [6.07, 6.45) is 14.4. The molecule has 0 aliphatic heterocycles. The summed E-state index contributed by atoms with van der Waals surface area (Å²) in [7, 11) is 0. The summed E-state index contributed by atoms with van der Waals surface area (Å²) in [6, 6.07) is 4.32. The van der Waals surface area contributed by atoms with Crippen LogP contribution in [0.5, 0.6) is 0 Å². The van der Waals surface area contributed by atoms with Gasteiger partial charge in [-0.05, 0) is 65.9 Å². The second-order valence-corrected chi connectivity index (χ2v) is 9.92. The van der Waals surface area contributed by atoms with E-state index in [1.54, 1.807) is 6.07 Å². The van der Waals surface area contributed by atoms with Gasteiger partial charge in [-0.1, -0.05) is 58.3 Å². The molecule has 1 aliphatic carbocycles. The van der Waals surface area contributed by atoms with Crippen LogP contribution in [0.4, 0.5) is 5.69 Å². The lowest BCUT2D eigenvalue weighted by molar-refractivity contribution is 0.0497. The van der Waals surface area contributed by atoms with E-state index in [9.17, 15) is 4.79 Å². The Morgan fingerprint density at radius 2 is 1.74 bits per heavy atom. The number of carbonyl (C=O) groups is 1. The summed E-state index contributed by atoms with van der Waals surface area (Å²) < 4.78 is 6.31.